The van der Waals surface area contributed by atoms with Crippen LogP contribution in [0.3, 0.4) is 0 Å². The third-order valence-electron chi connectivity index (χ3n) is 3.04. The highest BCUT2D eigenvalue weighted by atomic mass is 19.1. The van der Waals surface area contributed by atoms with Gasteiger partial charge in [0, 0.05) is 5.69 Å². The number of rotatable bonds is 6. The second kappa shape index (κ2) is 8.26. The number of carbonyl (C=O) groups is 2. The number of amides is 2. The van der Waals surface area contributed by atoms with Crippen molar-refractivity contribution in [2.45, 2.75) is 0 Å². The monoisotopic (exact) mass is 339 g/mol. The molecule has 2 rings (SSSR count). The minimum atomic E-state index is -0.608. The largest absolute Gasteiger partial charge is 0.484 e. The van der Waals surface area contributed by atoms with Crippen molar-refractivity contribution in [3.05, 3.63) is 65.5 Å². The van der Waals surface area contributed by atoms with Crippen molar-refractivity contribution in [2.75, 3.05) is 11.9 Å². The molecule has 0 aliphatic carbocycles. The molecule has 7 heteroatoms. The summed E-state index contributed by atoms with van der Waals surface area (Å²) >= 11 is 0. The molecule has 2 amide bonds. The van der Waals surface area contributed by atoms with Crippen LogP contribution in [-0.2, 0) is 9.59 Å². The van der Waals surface area contributed by atoms with Gasteiger partial charge in [-0.25, -0.2) is 4.39 Å². The van der Waals surface area contributed by atoms with Gasteiger partial charge >= 0.3 is 0 Å². The Labute approximate surface area is 143 Å². The van der Waals surface area contributed by atoms with Crippen LogP contribution >= 0.6 is 0 Å². The highest BCUT2D eigenvalue weighted by Crippen LogP contribution is 2.16. The smallest absolute Gasteiger partial charge is 0.266 e. The molecule has 0 saturated heterocycles. The number of nitrogens with one attached hydrogen (secondary N) is 1. The number of anilines is 1. The Bertz CT molecular complexity index is 837. The predicted octanol–water partition coefficient (Wildman–Crippen LogP) is 2.24. The molecule has 0 aromatic heterocycles. The Morgan fingerprint density at radius 1 is 1.16 bits per heavy atom. The lowest BCUT2D eigenvalue weighted by molar-refractivity contribution is -0.120. The first-order chi connectivity index (χ1) is 12.0. The van der Waals surface area contributed by atoms with Crippen molar-refractivity contribution in [3.63, 3.8) is 0 Å². The van der Waals surface area contributed by atoms with Crippen LogP contribution in [0, 0.1) is 17.1 Å². The molecule has 0 aliphatic rings. The van der Waals surface area contributed by atoms with E-state index >= 15 is 0 Å². The molecular weight excluding hydrogens is 325 g/mol. The first-order valence-electron chi connectivity index (χ1n) is 7.18. The van der Waals surface area contributed by atoms with E-state index in [1.807, 2.05) is 6.07 Å². The van der Waals surface area contributed by atoms with Crippen LogP contribution in [0.15, 0.2) is 54.1 Å². The average Bonchev–Trinajstić information content (AvgIpc) is 2.60. The quantitative estimate of drug-likeness (QED) is 0.622. The van der Waals surface area contributed by atoms with Crippen molar-refractivity contribution in [3.8, 4) is 11.8 Å². The number of carbonyl (C=O) groups excluding carboxylic acids is 2. The van der Waals surface area contributed by atoms with Crippen molar-refractivity contribution in [2.24, 2.45) is 5.73 Å². The Morgan fingerprint density at radius 2 is 1.80 bits per heavy atom. The van der Waals surface area contributed by atoms with E-state index in [4.69, 9.17) is 15.7 Å². The van der Waals surface area contributed by atoms with Crippen molar-refractivity contribution >= 4 is 23.6 Å². The summed E-state index contributed by atoms with van der Waals surface area (Å²) in [5.41, 5.74) is 5.84. The van der Waals surface area contributed by atoms with Crippen molar-refractivity contribution in [1.82, 2.24) is 0 Å². The molecule has 0 fully saturated rings. The Kier molecular flexibility index (Phi) is 5.85. The summed E-state index contributed by atoms with van der Waals surface area (Å²) in [7, 11) is 0. The fourth-order valence-electron chi connectivity index (χ4n) is 1.86. The molecule has 0 radical (unpaired) electrons. The second-order valence-electron chi connectivity index (χ2n) is 4.95. The van der Waals surface area contributed by atoms with Gasteiger partial charge in [-0.05, 0) is 48.0 Å². The van der Waals surface area contributed by atoms with Crippen LogP contribution < -0.4 is 15.8 Å². The maximum atomic E-state index is 12.9. The van der Waals surface area contributed by atoms with Crippen LogP contribution in [0.1, 0.15) is 5.56 Å². The van der Waals surface area contributed by atoms with Gasteiger partial charge in [-0.15, -0.1) is 0 Å². The fourth-order valence-corrected chi connectivity index (χ4v) is 1.86. The number of hydrogen-bond acceptors (Lipinski definition) is 4. The van der Waals surface area contributed by atoms with E-state index < -0.39 is 17.6 Å². The summed E-state index contributed by atoms with van der Waals surface area (Å²) < 4.78 is 18.0. The van der Waals surface area contributed by atoms with Crippen LogP contribution in [0.2, 0.25) is 0 Å². The predicted molar refractivity (Wildman–Crippen MR) is 89.8 cm³/mol. The van der Waals surface area contributed by atoms with Gasteiger partial charge in [0.25, 0.3) is 11.8 Å². The topological polar surface area (TPSA) is 105 Å². The minimum absolute atomic E-state index is 0.116. The van der Waals surface area contributed by atoms with Gasteiger partial charge in [-0.3, -0.25) is 9.59 Å². The number of nitrogens with zero attached hydrogens (tertiary/aromatic N) is 1. The third kappa shape index (κ3) is 5.48. The van der Waals surface area contributed by atoms with E-state index in [1.165, 1.54) is 30.3 Å². The maximum absolute atomic E-state index is 12.9. The Balaban J connectivity index is 2.08. The molecule has 6 nitrogen and oxygen atoms in total. The first kappa shape index (κ1) is 17.7. The standard InChI is InChI=1S/C18H14FN3O3/c19-14-3-5-15(6-4-14)22-18(24)13(10-20)9-12-1-7-16(8-2-12)25-11-17(21)23/h1-9H,11H2,(H2,21,23)(H,22,24). The van der Waals surface area contributed by atoms with Crippen LogP contribution in [0.4, 0.5) is 10.1 Å². The Morgan fingerprint density at radius 3 is 2.36 bits per heavy atom. The lowest BCUT2D eigenvalue weighted by Gasteiger charge is -2.05. The minimum Gasteiger partial charge on any atom is -0.484 e. The number of ether oxygens (including phenoxy) is 1. The summed E-state index contributed by atoms with van der Waals surface area (Å²) in [4.78, 5) is 22.8. The van der Waals surface area contributed by atoms with E-state index in [0.717, 1.165) is 0 Å². The van der Waals surface area contributed by atoms with Gasteiger partial charge in [-0.1, -0.05) is 12.1 Å². The molecule has 2 aromatic carbocycles. The van der Waals surface area contributed by atoms with E-state index in [2.05, 4.69) is 5.32 Å². The Hall–Kier alpha value is -3.66. The van der Waals surface area contributed by atoms with Crippen molar-refractivity contribution < 1.29 is 18.7 Å². The summed E-state index contributed by atoms with van der Waals surface area (Å²) in [6.07, 6.45) is 1.40. The fraction of sp³-hybridized carbons (Fsp3) is 0.0556. The van der Waals surface area contributed by atoms with Gasteiger partial charge in [0.1, 0.15) is 23.2 Å². The summed E-state index contributed by atoms with van der Waals surface area (Å²) in [5.74, 6) is -1.19. The lowest BCUT2D eigenvalue weighted by Crippen LogP contribution is -2.19. The van der Waals surface area contributed by atoms with E-state index in [0.29, 0.717) is 17.0 Å². The normalized spacial score (nSPS) is 10.6. The molecule has 0 aliphatic heterocycles. The molecule has 25 heavy (non-hydrogen) atoms. The molecule has 0 unspecified atom stereocenters. The summed E-state index contributed by atoms with van der Waals surface area (Å²) in [5, 5.41) is 11.7. The maximum Gasteiger partial charge on any atom is 0.266 e. The summed E-state index contributed by atoms with van der Waals surface area (Å²) in [6, 6.07) is 13.4. The third-order valence-corrected chi connectivity index (χ3v) is 3.04. The molecule has 2 aromatic rings. The van der Waals surface area contributed by atoms with E-state index in [9.17, 15) is 14.0 Å². The number of hydrogen-bond donors (Lipinski definition) is 2. The molecule has 0 spiro atoms. The number of nitrogens with two attached hydrogens (primary N) is 1. The highest BCUT2D eigenvalue weighted by molar-refractivity contribution is 6.09. The zero-order valence-electron chi connectivity index (χ0n) is 13.0. The number of primary amides is 1. The second-order valence-corrected chi connectivity index (χ2v) is 4.95. The number of nitriles is 1. The van der Waals surface area contributed by atoms with Gasteiger partial charge < -0.3 is 15.8 Å². The molecular formula is C18H14FN3O3. The van der Waals surface area contributed by atoms with Crippen LogP contribution in [0.5, 0.6) is 5.75 Å². The molecule has 0 bridgehead atoms. The van der Waals surface area contributed by atoms with Crippen LogP contribution in [0.25, 0.3) is 6.08 Å². The average molecular weight is 339 g/mol. The molecule has 3 N–H and O–H groups in total. The molecule has 0 atom stereocenters. The van der Waals surface area contributed by atoms with E-state index in [-0.39, 0.29) is 12.2 Å². The lowest BCUT2D eigenvalue weighted by atomic mass is 10.1. The number of halogens is 1. The molecule has 126 valence electrons. The zero-order chi connectivity index (χ0) is 18.2. The van der Waals surface area contributed by atoms with Crippen molar-refractivity contribution in [1.29, 1.82) is 5.26 Å². The van der Waals surface area contributed by atoms with Gasteiger partial charge in [0.05, 0.1) is 0 Å². The van der Waals surface area contributed by atoms with Gasteiger partial charge in [0.15, 0.2) is 6.61 Å². The first-order valence-corrected chi connectivity index (χ1v) is 7.18. The van der Waals surface area contributed by atoms with Crippen LogP contribution in [-0.4, -0.2) is 18.4 Å². The van der Waals surface area contributed by atoms with Gasteiger partial charge in [-0.2, -0.15) is 5.26 Å². The SMILES string of the molecule is N#CC(=Cc1ccc(OCC(N)=O)cc1)C(=O)Nc1ccc(F)cc1. The molecule has 0 heterocycles. The van der Waals surface area contributed by atoms with E-state index in [1.54, 1.807) is 24.3 Å². The highest BCUT2D eigenvalue weighted by Gasteiger charge is 2.09. The molecule has 0 saturated carbocycles. The van der Waals surface area contributed by atoms with Gasteiger partial charge in [0.2, 0.25) is 0 Å². The summed E-state index contributed by atoms with van der Waals surface area (Å²) in [6.45, 7) is -0.237. The number of benzene rings is 2. The zero-order valence-corrected chi connectivity index (χ0v) is 13.0.